The zero-order valence-corrected chi connectivity index (χ0v) is 12.0. The van der Waals surface area contributed by atoms with Crippen LogP contribution in [0.15, 0.2) is 29.6 Å². The number of benzene rings is 1. The third kappa shape index (κ3) is 2.73. The average molecular weight is 273 g/mol. The van der Waals surface area contributed by atoms with E-state index in [9.17, 15) is 0 Å². The number of thiazole rings is 1. The fourth-order valence-electron chi connectivity index (χ4n) is 2.81. The lowest BCUT2D eigenvalue weighted by atomic mass is 9.94. The Bertz CT molecular complexity index is 564. The normalized spacial score (nSPS) is 18.4. The van der Waals surface area contributed by atoms with Crippen molar-refractivity contribution in [2.24, 2.45) is 5.92 Å². The van der Waals surface area contributed by atoms with Gasteiger partial charge >= 0.3 is 0 Å². The standard InChI is InChI=1S/C15H19N3S/c1-11-8-12-4-2-3-5-14(12)18(9-11)7-6-13-10-19-15(16)17-13/h2-5,10-11H,6-9H2,1H3,(H2,16,17). The number of nitrogens with two attached hydrogens (primary N) is 1. The van der Waals surface area contributed by atoms with E-state index in [2.05, 4.69) is 46.5 Å². The molecular formula is C15H19N3S. The van der Waals surface area contributed by atoms with Crippen molar-refractivity contribution in [1.29, 1.82) is 0 Å². The largest absolute Gasteiger partial charge is 0.375 e. The molecule has 1 aromatic carbocycles. The van der Waals surface area contributed by atoms with Crippen LogP contribution in [0.2, 0.25) is 0 Å². The number of para-hydroxylation sites is 1. The molecule has 1 atom stereocenters. The van der Waals surface area contributed by atoms with Gasteiger partial charge in [0.15, 0.2) is 5.13 Å². The third-order valence-corrected chi connectivity index (χ3v) is 4.36. The van der Waals surface area contributed by atoms with E-state index in [4.69, 9.17) is 5.73 Å². The predicted octanol–water partition coefficient (Wildman–Crippen LogP) is 2.97. The summed E-state index contributed by atoms with van der Waals surface area (Å²) < 4.78 is 0. The molecule has 100 valence electrons. The lowest BCUT2D eigenvalue weighted by molar-refractivity contribution is 0.531. The van der Waals surface area contributed by atoms with Gasteiger partial charge in [-0.3, -0.25) is 0 Å². The molecule has 3 rings (SSSR count). The number of hydrogen-bond donors (Lipinski definition) is 1. The smallest absolute Gasteiger partial charge is 0.180 e. The molecule has 1 aromatic heterocycles. The molecule has 0 amide bonds. The molecule has 0 saturated carbocycles. The van der Waals surface area contributed by atoms with Crippen LogP contribution in [0.5, 0.6) is 0 Å². The van der Waals surface area contributed by atoms with E-state index in [-0.39, 0.29) is 0 Å². The summed E-state index contributed by atoms with van der Waals surface area (Å²) in [5.74, 6) is 0.718. The van der Waals surface area contributed by atoms with E-state index in [1.54, 1.807) is 0 Å². The molecule has 19 heavy (non-hydrogen) atoms. The van der Waals surface area contributed by atoms with E-state index in [0.29, 0.717) is 5.13 Å². The summed E-state index contributed by atoms with van der Waals surface area (Å²) in [6.45, 7) is 4.48. The van der Waals surface area contributed by atoms with Gasteiger partial charge in [-0.2, -0.15) is 0 Å². The summed E-state index contributed by atoms with van der Waals surface area (Å²) in [5.41, 5.74) is 9.65. The Morgan fingerprint density at radius 3 is 3.05 bits per heavy atom. The first-order chi connectivity index (χ1) is 9.22. The number of anilines is 2. The van der Waals surface area contributed by atoms with E-state index in [1.165, 1.54) is 29.0 Å². The van der Waals surface area contributed by atoms with Gasteiger partial charge in [0.05, 0.1) is 5.69 Å². The van der Waals surface area contributed by atoms with Crippen LogP contribution < -0.4 is 10.6 Å². The first-order valence-electron chi connectivity index (χ1n) is 6.75. The minimum atomic E-state index is 0.669. The zero-order valence-electron chi connectivity index (χ0n) is 11.2. The second-order valence-electron chi connectivity index (χ2n) is 5.31. The molecule has 4 heteroatoms. The highest BCUT2D eigenvalue weighted by molar-refractivity contribution is 7.13. The third-order valence-electron chi connectivity index (χ3n) is 3.64. The van der Waals surface area contributed by atoms with Crippen molar-refractivity contribution in [3.8, 4) is 0 Å². The maximum absolute atomic E-state index is 5.68. The molecule has 0 saturated heterocycles. The minimum Gasteiger partial charge on any atom is -0.375 e. The number of aromatic nitrogens is 1. The monoisotopic (exact) mass is 273 g/mol. The molecule has 3 nitrogen and oxygen atoms in total. The highest BCUT2D eigenvalue weighted by Gasteiger charge is 2.21. The molecule has 2 aromatic rings. The van der Waals surface area contributed by atoms with Crippen LogP contribution >= 0.6 is 11.3 Å². The van der Waals surface area contributed by atoms with Crippen molar-refractivity contribution >= 4 is 22.2 Å². The van der Waals surface area contributed by atoms with Crippen LogP contribution in [0.4, 0.5) is 10.8 Å². The quantitative estimate of drug-likeness (QED) is 0.935. The van der Waals surface area contributed by atoms with Crippen molar-refractivity contribution in [1.82, 2.24) is 4.98 Å². The highest BCUT2D eigenvalue weighted by Crippen LogP contribution is 2.29. The van der Waals surface area contributed by atoms with Crippen LogP contribution in [0.3, 0.4) is 0 Å². The summed E-state index contributed by atoms with van der Waals surface area (Å²) in [6, 6.07) is 8.74. The van der Waals surface area contributed by atoms with Crippen LogP contribution in [0.1, 0.15) is 18.2 Å². The first kappa shape index (κ1) is 12.5. The zero-order chi connectivity index (χ0) is 13.2. The van der Waals surface area contributed by atoms with Crippen LogP contribution in [0, 0.1) is 5.92 Å². The molecule has 1 aliphatic heterocycles. The van der Waals surface area contributed by atoms with E-state index < -0.39 is 0 Å². The summed E-state index contributed by atoms with van der Waals surface area (Å²) in [4.78, 5) is 6.82. The fraction of sp³-hybridized carbons (Fsp3) is 0.400. The lowest BCUT2D eigenvalue weighted by Gasteiger charge is -2.34. The lowest BCUT2D eigenvalue weighted by Crippen LogP contribution is -2.35. The molecule has 2 N–H and O–H groups in total. The summed E-state index contributed by atoms with van der Waals surface area (Å²) in [5, 5.41) is 2.73. The Morgan fingerprint density at radius 2 is 2.26 bits per heavy atom. The van der Waals surface area contributed by atoms with Gasteiger partial charge in [-0.1, -0.05) is 25.1 Å². The minimum absolute atomic E-state index is 0.669. The van der Waals surface area contributed by atoms with Gasteiger partial charge in [0.25, 0.3) is 0 Å². The van der Waals surface area contributed by atoms with Gasteiger partial charge in [0.2, 0.25) is 0 Å². The summed E-state index contributed by atoms with van der Waals surface area (Å²) in [6.07, 6.45) is 2.16. The van der Waals surface area contributed by atoms with Gasteiger partial charge < -0.3 is 10.6 Å². The second-order valence-corrected chi connectivity index (χ2v) is 6.20. The van der Waals surface area contributed by atoms with Crippen molar-refractivity contribution in [2.75, 3.05) is 23.7 Å². The fourth-order valence-corrected chi connectivity index (χ4v) is 3.40. The highest BCUT2D eigenvalue weighted by atomic mass is 32.1. The van der Waals surface area contributed by atoms with Gasteiger partial charge in [-0.25, -0.2) is 4.98 Å². The Morgan fingerprint density at radius 1 is 1.42 bits per heavy atom. The van der Waals surface area contributed by atoms with Crippen molar-refractivity contribution in [3.05, 3.63) is 40.9 Å². The first-order valence-corrected chi connectivity index (χ1v) is 7.63. The maximum Gasteiger partial charge on any atom is 0.180 e. The number of nitrogens with zero attached hydrogens (tertiary/aromatic N) is 2. The van der Waals surface area contributed by atoms with Crippen molar-refractivity contribution in [2.45, 2.75) is 19.8 Å². The van der Waals surface area contributed by atoms with Crippen LogP contribution in [-0.4, -0.2) is 18.1 Å². The molecular weight excluding hydrogens is 254 g/mol. The van der Waals surface area contributed by atoms with E-state index >= 15 is 0 Å². The van der Waals surface area contributed by atoms with Gasteiger partial charge in [-0.15, -0.1) is 11.3 Å². The average Bonchev–Trinajstić information content (AvgIpc) is 2.81. The molecule has 1 unspecified atom stereocenters. The molecule has 1 aliphatic rings. The molecule has 2 heterocycles. The number of rotatable bonds is 3. The Kier molecular flexibility index (Phi) is 3.42. The topological polar surface area (TPSA) is 42.1 Å². The SMILES string of the molecule is CC1Cc2ccccc2N(CCc2csc(N)n2)C1. The van der Waals surface area contributed by atoms with Crippen molar-refractivity contribution < 1.29 is 0 Å². The van der Waals surface area contributed by atoms with Crippen molar-refractivity contribution in [3.63, 3.8) is 0 Å². The Balaban J connectivity index is 1.74. The summed E-state index contributed by atoms with van der Waals surface area (Å²) in [7, 11) is 0. The number of fused-ring (bicyclic) bond motifs is 1. The van der Waals surface area contributed by atoms with E-state index in [0.717, 1.165) is 31.1 Å². The van der Waals surface area contributed by atoms with Crippen LogP contribution in [-0.2, 0) is 12.8 Å². The molecule has 0 aliphatic carbocycles. The van der Waals surface area contributed by atoms with Crippen LogP contribution in [0.25, 0.3) is 0 Å². The van der Waals surface area contributed by atoms with Gasteiger partial charge in [0, 0.05) is 30.6 Å². The van der Waals surface area contributed by atoms with Gasteiger partial charge in [-0.05, 0) is 24.0 Å². The Labute approximate surface area is 118 Å². The predicted molar refractivity (Wildman–Crippen MR) is 81.8 cm³/mol. The summed E-state index contributed by atoms with van der Waals surface area (Å²) >= 11 is 1.53. The second kappa shape index (κ2) is 5.21. The molecule has 0 fully saturated rings. The van der Waals surface area contributed by atoms with E-state index in [1.807, 2.05) is 0 Å². The molecule has 0 radical (unpaired) electrons. The maximum atomic E-state index is 5.68. The Hall–Kier alpha value is -1.55. The molecule has 0 bridgehead atoms. The number of hydrogen-bond acceptors (Lipinski definition) is 4. The molecule has 0 spiro atoms. The van der Waals surface area contributed by atoms with Gasteiger partial charge in [0.1, 0.15) is 0 Å². The number of nitrogen functional groups attached to an aromatic ring is 1.